The van der Waals surface area contributed by atoms with E-state index < -0.39 is 0 Å². The highest BCUT2D eigenvalue weighted by Crippen LogP contribution is 2.24. The molecule has 0 amide bonds. The summed E-state index contributed by atoms with van der Waals surface area (Å²) in [5.41, 5.74) is 2.03. The molecule has 0 aliphatic heterocycles. The van der Waals surface area contributed by atoms with E-state index in [0.717, 1.165) is 11.1 Å². The number of nitrogens with zero attached hydrogens (tertiary/aromatic N) is 3. The maximum absolute atomic E-state index is 13.5. The number of aryl methyl sites for hydroxylation is 1. The van der Waals surface area contributed by atoms with Crippen LogP contribution in [0.25, 0.3) is 11.4 Å². The van der Waals surface area contributed by atoms with Crippen molar-refractivity contribution in [2.75, 3.05) is 18.2 Å². The third-order valence-electron chi connectivity index (χ3n) is 3.46. The molecule has 124 valence electrons. The van der Waals surface area contributed by atoms with Crippen molar-refractivity contribution < 1.29 is 9.13 Å². The number of aromatic nitrogens is 3. The second-order valence-corrected chi connectivity index (χ2v) is 6.18. The first kappa shape index (κ1) is 16.3. The average molecular weight is 344 g/mol. The molecule has 0 radical (unpaired) electrons. The Morgan fingerprint density at radius 3 is 2.67 bits per heavy atom. The highest BCUT2D eigenvalue weighted by molar-refractivity contribution is 7.99. The number of thioether (sulfide) groups is 1. The van der Waals surface area contributed by atoms with Crippen LogP contribution in [0, 0.1) is 12.7 Å². The summed E-state index contributed by atoms with van der Waals surface area (Å²) < 4.78 is 20.3. The molecule has 0 fully saturated rings. The van der Waals surface area contributed by atoms with Crippen LogP contribution < -0.4 is 10.6 Å². The Hall–Kier alpha value is -2.54. The van der Waals surface area contributed by atoms with Crippen LogP contribution in [0.1, 0.15) is 5.56 Å². The SMILES string of the molecule is Cc1ccccc1-c1nnc(SCCOc2ccccc2F)n1N. The van der Waals surface area contributed by atoms with Crippen LogP contribution in [0.4, 0.5) is 4.39 Å². The van der Waals surface area contributed by atoms with E-state index in [-0.39, 0.29) is 11.6 Å². The van der Waals surface area contributed by atoms with Gasteiger partial charge in [0.25, 0.3) is 0 Å². The minimum absolute atomic E-state index is 0.243. The van der Waals surface area contributed by atoms with Gasteiger partial charge in [-0.15, -0.1) is 10.2 Å². The van der Waals surface area contributed by atoms with Crippen LogP contribution in [0.15, 0.2) is 53.7 Å². The number of hydrogen-bond donors (Lipinski definition) is 1. The molecule has 5 nitrogen and oxygen atoms in total. The van der Waals surface area contributed by atoms with E-state index in [2.05, 4.69) is 10.2 Å². The number of benzene rings is 2. The normalized spacial score (nSPS) is 10.8. The maximum atomic E-state index is 13.5. The summed E-state index contributed by atoms with van der Waals surface area (Å²) in [6.45, 7) is 2.34. The second-order valence-electron chi connectivity index (χ2n) is 5.12. The summed E-state index contributed by atoms with van der Waals surface area (Å²) in [5, 5.41) is 8.87. The van der Waals surface area contributed by atoms with Crippen molar-refractivity contribution in [3.63, 3.8) is 0 Å². The standard InChI is InChI=1S/C17H17FN4OS/c1-12-6-2-3-7-13(12)16-20-21-17(22(16)19)24-11-10-23-15-9-5-4-8-14(15)18/h2-9H,10-11,19H2,1H3. The molecular weight excluding hydrogens is 327 g/mol. The van der Waals surface area contributed by atoms with Crippen molar-refractivity contribution in [3.8, 4) is 17.1 Å². The summed E-state index contributed by atoms with van der Waals surface area (Å²) in [6, 6.07) is 14.2. The highest BCUT2D eigenvalue weighted by atomic mass is 32.2. The van der Waals surface area contributed by atoms with Gasteiger partial charge >= 0.3 is 0 Å². The van der Waals surface area contributed by atoms with Gasteiger partial charge < -0.3 is 10.6 Å². The molecule has 0 spiro atoms. The molecule has 0 atom stereocenters. The molecule has 2 N–H and O–H groups in total. The van der Waals surface area contributed by atoms with Gasteiger partial charge in [-0.3, -0.25) is 0 Å². The summed E-state index contributed by atoms with van der Waals surface area (Å²) in [7, 11) is 0. The van der Waals surface area contributed by atoms with Crippen LogP contribution >= 0.6 is 11.8 Å². The third kappa shape index (κ3) is 3.51. The number of halogens is 1. The van der Waals surface area contributed by atoms with Gasteiger partial charge in [-0.1, -0.05) is 48.2 Å². The highest BCUT2D eigenvalue weighted by Gasteiger charge is 2.13. The zero-order chi connectivity index (χ0) is 16.9. The molecule has 2 aromatic carbocycles. The average Bonchev–Trinajstić information content (AvgIpc) is 2.94. The predicted molar refractivity (Wildman–Crippen MR) is 93.0 cm³/mol. The largest absolute Gasteiger partial charge is 0.490 e. The van der Waals surface area contributed by atoms with Crippen LogP contribution in [-0.4, -0.2) is 27.2 Å². The van der Waals surface area contributed by atoms with Gasteiger partial charge in [0.1, 0.15) is 0 Å². The minimum Gasteiger partial charge on any atom is -0.490 e. The van der Waals surface area contributed by atoms with Crippen molar-refractivity contribution in [2.45, 2.75) is 12.1 Å². The third-order valence-corrected chi connectivity index (χ3v) is 4.37. The molecule has 0 saturated carbocycles. The van der Waals surface area contributed by atoms with Gasteiger partial charge in [0, 0.05) is 11.3 Å². The van der Waals surface area contributed by atoms with Crippen molar-refractivity contribution in [3.05, 3.63) is 59.9 Å². The van der Waals surface area contributed by atoms with E-state index in [1.165, 1.54) is 22.5 Å². The molecule has 0 aliphatic rings. The summed E-state index contributed by atoms with van der Waals surface area (Å²) in [5.74, 6) is 7.16. The smallest absolute Gasteiger partial charge is 0.210 e. The van der Waals surface area contributed by atoms with Gasteiger partial charge in [0.05, 0.1) is 6.61 Å². The van der Waals surface area contributed by atoms with E-state index in [9.17, 15) is 4.39 Å². The van der Waals surface area contributed by atoms with E-state index in [1.807, 2.05) is 31.2 Å². The Bertz CT molecular complexity index is 837. The molecule has 1 heterocycles. The number of para-hydroxylation sites is 1. The summed E-state index contributed by atoms with van der Waals surface area (Å²) in [4.78, 5) is 0. The Labute approximate surface area is 143 Å². The van der Waals surface area contributed by atoms with Gasteiger partial charge in [-0.05, 0) is 24.6 Å². The number of hydrogen-bond acceptors (Lipinski definition) is 5. The zero-order valence-corrected chi connectivity index (χ0v) is 14.0. The molecule has 3 aromatic rings. The topological polar surface area (TPSA) is 66.0 Å². The molecule has 7 heteroatoms. The fourth-order valence-electron chi connectivity index (χ4n) is 2.23. The first-order valence-corrected chi connectivity index (χ1v) is 8.42. The zero-order valence-electron chi connectivity index (χ0n) is 13.1. The number of rotatable bonds is 6. The van der Waals surface area contributed by atoms with E-state index in [4.69, 9.17) is 10.6 Å². The molecule has 3 rings (SSSR count). The number of nitrogens with two attached hydrogens (primary N) is 1. The first-order valence-electron chi connectivity index (χ1n) is 7.43. The van der Waals surface area contributed by atoms with E-state index in [1.54, 1.807) is 18.2 Å². The van der Waals surface area contributed by atoms with Crippen LogP contribution in [0.2, 0.25) is 0 Å². The lowest BCUT2D eigenvalue weighted by Crippen LogP contribution is -2.12. The van der Waals surface area contributed by atoms with E-state index >= 15 is 0 Å². The summed E-state index contributed by atoms with van der Waals surface area (Å²) in [6.07, 6.45) is 0. The monoisotopic (exact) mass is 344 g/mol. The molecule has 0 saturated heterocycles. The van der Waals surface area contributed by atoms with Gasteiger partial charge in [0.15, 0.2) is 17.4 Å². The lowest BCUT2D eigenvalue weighted by molar-refractivity contribution is 0.325. The first-order chi connectivity index (χ1) is 11.7. The van der Waals surface area contributed by atoms with Gasteiger partial charge in [-0.25, -0.2) is 9.07 Å². The van der Waals surface area contributed by atoms with Crippen molar-refractivity contribution >= 4 is 11.8 Å². The fraction of sp³-hybridized carbons (Fsp3) is 0.176. The number of nitrogen functional groups attached to an aromatic ring is 1. The lowest BCUT2D eigenvalue weighted by Gasteiger charge is -2.07. The fourth-order valence-corrected chi connectivity index (χ4v) is 2.90. The summed E-state index contributed by atoms with van der Waals surface area (Å²) >= 11 is 1.41. The second kappa shape index (κ2) is 7.35. The minimum atomic E-state index is -0.369. The number of ether oxygens (including phenoxy) is 1. The maximum Gasteiger partial charge on any atom is 0.210 e. The van der Waals surface area contributed by atoms with Crippen molar-refractivity contribution in [1.29, 1.82) is 0 Å². The van der Waals surface area contributed by atoms with Gasteiger partial charge in [-0.2, -0.15) is 0 Å². The van der Waals surface area contributed by atoms with Crippen molar-refractivity contribution in [2.24, 2.45) is 0 Å². The lowest BCUT2D eigenvalue weighted by atomic mass is 10.1. The van der Waals surface area contributed by atoms with E-state index in [0.29, 0.717) is 23.3 Å². The Kier molecular flexibility index (Phi) is 5.00. The molecule has 0 bridgehead atoms. The molecule has 24 heavy (non-hydrogen) atoms. The van der Waals surface area contributed by atoms with Gasteiger partial charge in [0.2, 0.25) is 5.16 Å². The van der Waals surface area contributed by atoms with Crippen molar-refractivity contribution in [1.82, 2.24) is 14.9 Å². The molecule has 0 aliphatic carbocycles. The molecule has 1 aromatic heterocycles. The molecule has 0 unspecified atom stereocenters. The predicted octanol–water partition coefficient (Wildman–Crippen LogP) is 3.28. The Balaban J connectivity index is 1.61. The van der Waals surface area contributed by atoms with Crippen LogP contribution in [-0.2, 0) is 0 Å². The van der Waals surface area contributed by atoms with Crippen LogP contribution in [0.5, 0.6) is 5.75 Å². The van der Waals surface area contributed by atoms with Crippen LogP contribution in [0.3, 0.4) is 0 Å². The molecular formula is C17H17FN4OS. The Morgan fingerprint density at radius 2 is 1.88 bits per heavy atom. The Morgan fingerprint density at radius 1 is 1.12 bits per heavy atom. The quantitative estimate of drug-likeness (QED) is 0.422.